The Bertz CT molecular complexity index is 589. The molecule has 0 fully saturated rings. The highest BCUT2D eigenvalue weighted by atomic mass is 15.1. The SMILES string of the molecule is CC1CCC(c2ccc(C#N)cc2)c2c[nH]nc21. The van der Waals surface area contributed by atoms with Gasteiger partial charge in [0, 0.05) is 23.6 Å². The number of aromatic nitrogens is 2. The van der Waals surface area contributed by atoms with Crippen LogP contribution in [0.15, 0.2) is 30.5 Å². The van der Waals surface area contributed by atoms with Crippen molar-refractivity contribution in [1.82, 2.24) is 10.2 Å². The number of benzene rings is 1. The minimum absolute atomic E-state index is 0.419. The molecule has 3 heteroatoms. The second kappa shape index (κ2) is 4.30. The third-order valence-corrected chi connectivity index (χ3v) is 3.87. The summed E-state index contributed by atoms with van der Waals surface area (Å²) in [6.45, 7) is 2.23. The molecular formula is C15H15N3. The van der Waals surface area contributed by atoms with E-state index >= 15 is 0 Å². The highest BCUT2D eigenvalue weighted by Gasteiger charge is 2.27. The topological polar surface area (TPSA) is 52.5 Å². The quantitative estimate of drug-likeness (QED) is 0.827. The third-order valence-electron chi connectivity index (χ3n) is 3.87. The lowest BCUT2D eigenvalue weighted by Gasteiger charge is -2.26. The van der Waals surface area contributed by atoms with Crippen molar-refractivity contribution in [2.75, 3.05) is 0 Å². The van der Waals surface area contributed by atoms with Crippen LogP contribution < -0.4 is 0 Å². The average Bonchev–Trinajstić information content (AvgIpc) is 2.90. The molecule has 0 saturated carbocycles. The van der Waals surface area contributed by atoms with Gasteiger partial charge in [-0.15, -0.1) is 0 Å². The lowest BCUT2D eigenvalue weighted by Crippen LogP contribution is -2.12. The first-order chi connectivity index (χ1) is 8.79. The lowest BCUT2D eigenvalue weighted by molar-refractivity contribution is 0.537. The Balaban J connectivity index is 1.99. The summed E-state index contributed by atoms with van der Waals surface area (Å²) in [5.41, 5.74) is 4.52. The molecule has 18 heavy (non-hydrogen) atoms. The van der Waals surface area contributed by atoms with Crippen LogP contribution in [0.5, 0.6) is 0 Å². The summed E-state index contributed by atoms with van der Waals surface area (Å²) in [6.07, 6.45) is 4.34. The van der Waals surface area contributed by atoms with Gasteiger partial charge < -0.3 is 0 Å². The van der Waals surface area contributed by atoms with Crippen LogP contribution in [0.25, 0.3) is 0 Å². The first kappa shape index (κ1) is 11.0. The van der Waals surface area contributed by atoms with E-state index in [1.807, 2.05) is 18.3 Å². The molecular weight excluding hydrogens is 222 g/mol. The molecule has 0 bridgehead atoms. The molecule has 3 nitrogen and oxygen atoms in total. The predicted molar refractivity (Wildman–Crippen MR) is 69.2 cm³/mol. The first-order valence-electron chi connectivity index (χ1n) is 6.33. The second-order valence-electron chi connectivity index (χ2n) is 4.99. The highest BCUT2D eigenvalue weighted by Crippen LogP contribution is 2.40. The summed E-state index contributed by atoms with van der Waals surface area (Å²) in [7, 11) is 0. The van der Waals surface area contributed by atoms with Gasteiger partial charge in [-0.2, -0.15) is 10.4 Å². The van der Waals surface area contributed by atoms with E-state index in [4.69, 9.17) is 5.26 Å². The van der Waals surface area contributed by atoms with E-state index in [2.05, 4.69) is 35.3 Å². The molecule has 1 heterocycles. The minimum Gasteiger partial charge on any atom is -0.285 e. The summed E-state index contributed by atoms with van der Waals surface area (Å²) < 4.78 is 0. The number of aromatic amines is 1. The molecule has 2 atom stereocenters. The molecule has 1 aliphatic rings. The highest BCUT2D eigenvalue weighted by molar-refractivity contribution is 5.40. The summed E-state index contributed by atoms with van der Waals surface area (Å²) in [6, 6.07) is 10.1. The fourth-order valence-corrected chi connectivity index (χ4v) is 2.83. The fourth-order valence-electron chi connectivity index (χ4n) is 2.83. The molecule has 0 saturated heterocycles. The van der Waals surface area contributed by atoms with Crippen molar-refractivity contribution in [1.29, 1.82) is 5.26 Å². The molecule has 0 aliphatic heterocycles. The fraction of sp³-hybridized carbons (Fsp3) is 0.333. The van der Waals surface area contributed by atoms with Crippen LogP contribution in [0.4, 0.5) is 0 Å². The van der Waals surface area contributed by atoms with Crippen LogP contribution in [0.2, 0.25) is 0 Å². The van der Waals surface area contributed by atoms with Crippen LogP contribution in [-0.2, 0) is 0 Å². The van der Waals surface area contributed by atoms with Gasteiger partial charge in [0.05, 0.1) is 17.3 Å². The Morgan fingerprint density at radius 1 is 1.28 bits per heavy atom. The van der Waals surface area contributed by atoms with Gasteiger partial charge in [0.2, 0.25) is 0 Å². The summed E-state index contributed by atoms with van der Waals surface area (Å²) in [5.74, 6) is 0.962. The maximum absolute atomic E-state index is 8.83. The van der Waals surface area contributed by atoms with E-state index in [1.165, 1.54) is 23.2 Å². The first-order valence-corrected chi connectivity index (χ1v) is 6.33. The zero-order valence-electron chi connectivity index (χ0n) is 10.4. The van der Waals surface area contributed by atoms with Crippen LogP contribution >= 0.6 is 0 Å². The Kier molecular flexibility index (Phi) is 2.64. The van der Waals surface area contributed by atoms with E-state index in [9.17, 15) is 0 Å². The van der Waals surface area contributed by atoms with E-state index in [0.29, 0.717) is 11.8 Å². The van der Waals surface area contributed by atoms with E-state index in [-0.39, 0.29) is 0 Å². The maximum atomic E-state index is 8.83. The summed E-state index contributed by atoms with van der Waals surface area (Å²) >= 11 is 0. The molecule has 2 aromatic rings. The van der Waals surface area contributed by atoms with Gasteiger partial charge in [-0.05, 0) is 30.5 Å². The van der Waals surface area contributed by atoms with Gasteiger partial charge in [-0.1, -0.05) is 19.1 Å². The van der Waals surface area contributed by atoms with E-state index in [1.54, 1.807) is 0 Å². The normalized spacial score (nSPS) is 22.2. The Morgan fingerprint density at radius 2 is 2.06 bits per heavy atom. The van der Waals surface area contributed by atoms with Gasteiger partial charge in [0.25, 0.3) is 0 Å². The van der Waals surface area contributed by atoms with Crippen molar-refractivity contribution in [2.45, 2.75) is 31.6 Å². The molecule has 0 amide bonds. The largest absolute Gasteiger partial charge is 0.285 e. The number of hydrogen-bond donors (Lipinski definition) is 1. The number of nitrogens with zero attached hydrogens (tertiary/aromatic N) is 2. The Hall–Kier alpha value is -2.08. The standard InChI is InChI=1S/C15H15N3/c1-10-2-7-13(14-9-17-18-15(10)14)12-5-3-11(8-16)4-6-12/h3-6,9-10,13H,2,7H2,1H3,(H,17,18). The molecule has 2 unspecified atom stereocenters. The molecule has 0 spiro atoms. The monoisotopic (exact) mass is 237 g/mol. The van der Waals surface area contributed by atoms with Gasteiger partial charge in [-0.3, -0.25) is 5.10 Å². The summed E-state index contributed by atoms with van der Waals surface area (Å²) in [4.78, 5) is 0. The van der Waals surface area contributed by atoms with Crippen LogP contribution in [-0.4, -0.2) is 10.2 Å². The Morgan fingerprint density at radius 3 is 2.78 bits per heavy atom. The number of rotatable bonds is 1. The third kappa shape index (κ3) is 1.70. The number of H-pyrrole nitrogens is 1. The van der Waals surface area contributed by atoms with Crippen molar-refractivity contribution in [3.05, 3.63) is 52.8 Å². The van der Waals surface area contributed by atoms with Gasteiger partial charge in [0.15, 0.2) is 0 Å². The van der Waals surface area contributed by atoms with Crippen molar-refractivity contribution in [2.24, 2.45) is 0 Å². The molecule has 3 rings (SSSR count). The molecule has 1 aromatic carbocycles. The van der Waals surface area contributed by atoms with Crippen molar-refractivity contribution in [3.8, 4) is 6.07 Å². The maximum Gasteiger partial charge on any atom is 0.0991 e. The van der Waals surface area contributed by atoms with Crippen LogP contribution in [0.1, 0.15) is 54.0 Å². The van der Waals surface area contributed by atoms with Gasteiger partial charge in [-0.25, -0.2) is 0 Å². The van der Waals surface area contributed by atoms with Crippen molar-refractivity contribution < 1.29 is 0 Å². The molecule has 0 radical (unpaired) electrons. The van der Waals surface area contributed by atoms with Crippen molar-refractivity contribution in [3.63, 3.8) is 0 Å². The lowest BCUT2D eigenvalue weighted by atomic mass is 9.78. The van der Waals surface area contributed by atoms with E-state index in [0.717, 1.165) is 12.0 Å². The molecule has 1 N–H and O–H groups in total. The predicted octanol–water partition coefficient (Wildman–Crippen LogP) is 3.31. The zero-order valence-corrected chi connectivity index (χ0v) is 10.4. The summed E-state index contributed by atoms with van der Waals surface area (Å²) in [5, 5.41) is 16.2. The van der Waals surface area contributed by atoms with Gasteiger partial charge >= 0.3 is 0 Å². The smallest absolute Gasteiger partial charge is 0.0991 e. The number of nitriles is 1. The Labute approximate surface area is 106 Å². The number of hydrogen-bond acceptors (Lipinski definition) is 2. The van der Waals surface area contributed by atoms with Crippen molar-refractivity contribution >= 4 is 0 Å². The molecule has 1 aromatic heterocycles. The average molecular weight is 237 g/mol. The van der Waals surface area contributed by atoms with Gasteiger partial charge in [0.1, 0.15) is 0 Å². The second-order valence-corrected chi connectivity index (χ2v) is 4.99. The van der Waals surface area contributed by atoms with Crippen LogP contribution in [0.3, 0.4) is 0 Å². The number of fused-ring (bicyclic) bond motifs is 1. The minimum atomic E-state index is 0.419. The molecule has 90 valence electrons. The number of nitrogens with one attached hydrogen (secondary N) is 1. The van der Waals surface area contributed by atoms with Crippen LogP contribution in [0, 0.1) is 11.3 Å². The zero-order chi connectivity index (χ0) is 12.5. The molecule has 1 aliphatic carbocycles. The van der Waals surface area contributed by atoms with E-state index < -0.39 is 0 Å².